The largest absolute Gasteiger partial charge is 0.375 e. The Kier molecular flexibility index (Phi) is 3.79. The quantitative estimate of drug-likeness (QED) is 0.462. The summed E-state index contributed by atoms with van der Waals surface area (Å²) in [6.45, 7) is 0. The molecule has 0 unspecified atom stereocenters. The Balaban J connectivity index is 2.76. The Hall–Kier alpha value is -1.20. The van der Waals surface area contributed by atoms with Crippen LogP contribution in [0.3, 0.4) is 0 Å². The summed E-state index contributed by atoms with van der Waals surface area (Å²) in [7, 11) is 0. The van der Waals surface area contributed by atoms with E-state index in [9.17, 15) is 4.39 Å². The van der Waals surface area contributed by atoms with Crippen molar-refractivity contribution in [1.82, 2.24) is 5.43 Å². The molecule has 0 spiro atoms. The van der Waals surface area contributed by atoms with Crippen LogP contribution in [0.25, 0.3) is 0 Å². The molecule has 0 aliphatic carbocycles. The van der Waals surface area contributed by atoms with Gasteiger partial charge < -0.3 is 5.73 Å². The first-order chi connectivity index (χ1) is 6.59. The number of halogens is 2. The second-order valence-electron chi connectivity index (χ2n) is 2.40. The average molecular weight is 232 g/mol. The van der Waals surface area contributed by atoms with Gasteiger partial charge in [-0.05, 0) is 30.4 Å². The third kappa shape index (κ3) is 3.27. The van der Waals surface area contributed by atoms with Gasteiger partial charge in [-0.3, -0.25) is 5.43 Å². The van der Waals surface area contributed by atoms with Crippen molar-refractivity contribution in [3.05, 3.63) is 34.6 Å². The maximum atomic E-state index is 12.6. The van der Waals surface area contributed by atoms with E-state index in [1.165, 1.54) is 24.4 Å². The smallest absolute Gasteiger partial charge is 0.184 e. The van der Waals surface area contributed by atoms with Gasteiger partial charge in [-0.1, -0.05) is 11.6 Å². The lowest BCUT2D eigenvalue weighted by molar-refractivity contribution is 0.628. The number of rotatable bonds is 2. The van der Waals surface area contributed by atoms with E-state index >= 15 is 0 Å². The third-order valence-electron chi connectivity index (χ3n) is 1.34. The van der Waals surface area contributed by atoms with Gasteiger partial charge in [-0.15, -0.1) is 0 Å². The standard InChI is InChI=1S/C8H7ClFN3S/c9-7-3-6(10)2-1-5(7)4-12-13-8(11)14/h1-4H,(H3,11,13,14). The second kappa shape index (κ2) is 4.88. The highest BCUT2D eigenvalue weighted by atomic mass is 35.5. The van der Waals surface area contributed by atoms with E-state index in [0.717, 1.165) is 0 Å². The molecule has 0 aliphatic rings. The van der Waals surface area contributed by atoms with Crippen molar-refractivity contribution in [2.24, 2.45) is 10.8 Å². The summed E-state index contributed by atoms with van der Waals surface area (Å²) in [6, 6.07) is 3.99. The van der Waals surface area contributed by atoms with Gasteiger partial charge in [0.2, 0.25) is 0 Å². The molecule has 3 nitrogen and oxygen atoms in total. The molecule has 0 aliphatic heterocycles. The second-order valence-corrected chi connectivity index (χ2v) is 3.25. The van der Waals surface area contributed by atoms with Crippen molar-refractivity contribution < 1.29 is 4.39 Å². The minimum atomic E-state index is -0.394. The Bertz CT molecular complexity index is 381. The number of nitrogens with one attached hydrogen (secondary N) is 1. The van der Waals surface area contributed by atoms with Crippen LogP contribution in [-0.4, -0.2) is 11.3 Å². The number of thiocarbonyl (C=S) groups is 1. The monoisotopic (exact) mass is 231 g/mol. The fourth-order valence-electron chi connectivity index (χ4n) is 0.772. The van der Waals surface area contributed by atoms with Gasteiger partial charge in [0.05, 0.1) is 11.2 Å². The molecule has 14 heavy (non-hydrogen) atoms. The van der Waals surface area contributed by atoms with Crippen LogP contribution in [0.15, 0.2) is 23.3 Å². The van der Waals surface area contributed by atoms with Crippen LogP contribution in [0.4, 0.5) is 4.39 Å². The van der Waals surface area contributed by atoms with Crippen molar-refractivity contribution in [2.75, 3.05) is 0 Å². The molecular weight excluding hydrogens is 225 g/mol. The molecule has 0 radical (unpaired) electrons. The Morgan fingerprint density at radius 2 is 2.36 bits per heavy atom. The highest BCUT2D eigenvalue weighted by molar-refractivity contribution is 7.80. The number of hydrazone groups is 1. The predicted molar refractivity (Wildman–Crippen MR) is 58.9 cm³/mol. The summed E-state index contributed by atoms with van der Waals surface area (Å²) in [5.41, 5.74) is 8.07. The van der Waals surface area contributed by atoms with Crippen LogP contribution in [0.2, 0.25) is 5.02 Å². The summed E-state index contributed by atoms with van der Waals surface area (Å²) in [5.74, 6) is -0.394. The number of nitrogens with two attached hydrogens (primary N) is 1. The minimum Gasteiger partial charge on any atom is -0.375 e. The SMILES string of the molecule is NC(=S)NN=Cc1ccc(F)cc1Cl. The molecule has 1 aromatic carbocycles. The Morgan fingerprint density at radius 1 is 1.64 bits per heavy atom. The first-order valence-electron chi connectivity index (χ1n) is 3.63. The van der Waals surface area contributed by atoms with Crippen LogP contribution in [0.5, 0.6) is 0 Å². The molecule has 0 saturated carbocycles. The molecule has 0 atom stereocenters. The van der Waals surface area contributed by atoms with Gasteiger partial charge in [0.25, 0.3) is 0 Å². The van der Waals surface area contributed by atoms with Gasteiger partial charge in [-0.2, -0.15) is 5.10 Å². The zero-order valence-electron chi connectivity index (χ0n) is 7.00. The van der Waals surface area contributed by atoms with E-state index in [1.807, 2.05) is 0 Å². The van der Waals surface area contributed by atoms with Crippen molar-refractivity contribution in [2.45, 2.75) is 0 Å². The molecule has 74 valence electrons. The number of nitrogens with zero attached hydrogens (tertiary/aromatic N) is 1. The summed E-state index contributed by atoms with van der Waals surface area (Å²) in [5, 5.41) is 4.01. The van der Waals surface area contributed by atoms with Crippen LogP contribution in [0.1, 0.15) is 5.56 Å². The third-order valence-corrected chi connectivity index (χ3v) is 1.76. The summed E-state index contributed by atoms with van der Waals surface area (Å²) >= 11 is 10.2. The first-order valence-corrected chi connectivity index (χ1v) is 4.42. The molecule has 6 heteroatoms. The van der Waals surface area contributed by atoms with E-state index in [-0.39, 0.29) is 10.1 Å². The first kappa shape index (κ1) is 10.9. The lowest BCUT2D eigenvalue weighted by Gasteiger charge is -1.97. The van der Waals surface area contributed by atoms with Crippen molar-refractivity contribution in [1.29, 1.82) is 0 Å². The van der Waals surface area contributed by atoms with Crippen LogP contribution in [-0.2, 0) is 0 Å². The Morgan fingerprint density at radius 3 is 2.93 bits per heavy atom. The average Bonchev–Trinajstić information content (AvgIpc) is 2.08. The molecule has 1 aromatic rings. The zero-order chi connectivity index (χ0) is 10.6. The van der Waals surface area contributed by atoms with Crippen molar-refractivity contribution >= 4 is 35.1 Å². The van der Waals surface area contributed by atoms with Gasteiger partial charge in [0.15, 0.2) is 5.11 Å². The molecule has 0 saturated heterocycles. The van der Waals surface area contributed by atoms with E-state index in [4.69, 9.17) is 17.3 Å². The van der Waals surface area contributed by atoms with E-state index in [1.54, 1.807) is 0 Å². The zero-order valence-corrected chi connectivity index (χ0v) is 8.57. The van der Waals surface area contributed by atoms with Gasteiger partial charge >= 0.3 is 0 Å². The van der Waals surface area contributed by atoms with Crippen LogP contribution >= 0.6 is 23.8 Å². The van der Waals surface area contributed by atoms with Crippen molar-refractivity contribution in [3.63, 3.8) is 0 Å². The predicted octanol–water partition coefficient (Wildman–Crippen LogP) is 1.65. The van der Waals surface area contributed by atoms with E-state index < -0.39 is 5.82 Å². The van der Waals surface area contributed by atoms with Crippen molar-refractivity contribution in [3.8, 4) is 0 Å². The minimum absolute atomic E-state index is 0.0551. The van der Waals surface area contributed by atoms with Crippen LogP contribution in [0, 0.1) is 5.82 Å². The van der Waals surface area contributed by atoms with Gasteiger partial charge in [-0.25, -0.2) is 4.39 Å². The van der Waals surface area contributed by atoms with Gasteiger partial charge in [0, 0.05) is 5.56 Å². The Labute approximate surface area is 90.7 Å². The molecular formula is C8H7ClFN3S. The molecule has 0 bridgehead atoms. The molecule has 1 rings (SSSR count). The lowest BCUT2D eigenvalue weighted by atomic mass is 10.2. The number of benzene rings is 1. The highest BCUT2D eigenvalue weighted by Crippen LogP contribution is 2.14. The summed E-state index contributed by atoms with van der Waals surface area (Å²) in [6.07, 6.45) is 1.40. The molecule has 0 fully saturated rings. The number of hydrogen-bond donors (Lipinski definition) is 2. The maximum absolute atomic E-state index is 12.6. The van der Waals surface area contributed by atoms with Gasteiger partial charge in [0.1, 0.15) is 5.82 Å². The normalized spacial score (nSPS) is 10.4. The van der Waals surface area contributed by atoms with Crippen LogP contribution < -0.4 is 11.2 Å². The number of hydrogen-bond acceptors (Lipinski definition) is 2. The molecule has 3 N–H and O–H groups in total. The lowest BCUT2D eigenvalue weighted by Crippen LogP contribution is -2.24. The highest BCUT2D eigenvalue weighted by Gasteiger charge is 1.98. The summed E-state index contributed by atoms with van der Waals surface area (Å²) < 4.78 is 12.6. The topological polar surface area (TPSA) is 50.4 Å². The maximum Gasteiger partial charge on any atom is 0.184 e. The van der Waals surface area contributed by atoms with E-state index in [0.29, 0.717) is 5.56 Å². The van der Waals surface area contributed by atoms with E-state index in [2.05, 4.69) is 22.7 Å². The fraction of sp³-hybridized carbons (Fsp3) is 0. The molecule has 0 heterocycles. The molecule has 0 amide bonds. The molecule has 0 aromatic heterocycles. The summed E-state index contributed by atoms with van der Waals surface area (Å²) in [4.78, 5) is 0. The fourth-order valence-corrected chi connectivity index (χ4v) is 1.04.